The maximum atomic E-state index is 8.68. The lowest BCUT2D eigenvalue weighted by Crippen LogP contribution is -2.25. The Bertz CT molecular complexity index is 250. The first-order chi connectivity index (χ1) is 5.88. The molecule has 0 amide bonds. The highest BCUT2D eigenvalue weighted by atomic mass is 16.6. The topological polar surface area (TPSA) is 57.4 Å². The molecule has 0 spiro atoms. The fourth-order valence-electron chi connectivity index (χ4n) is 1.07. The molecule has 1 heterocycles. The minimum absolute atomic E-state index is 0.365. The second-order valence-electron chi connectivity index (χ2n) is 2.43. The van der Waals surface area contributed by atoms with Gasteiger partial charge in [-0.15, -0.1) is 0 Å². The zero-order chi connectivity index (χ0) is 8.81. The van der Waals surface area contributed by atoms with Crippen LogP contribution in [0.4, 0.5) is 0 Å². The van der Waals surface area contributed by atoms with Gasteiger partial charge in [0.2, 0.25) is 0 Å². The first kappa shape index (κ1) is 8.75. The van der Waals surface area contributed by atoms with Gasteiger partial charge in [0.05, 0.1) is 0 Å². The molecule has 0 radical (unpaired) electrons. The van der Waals surface area contributed by atoms with E-state index in [0.29, 0.717) is 12.3 Å². The van der Waals surface area contributed by atoms with Crippen LogP contribution in [0.5, 0.6) is 0 Å². The van der Waals surface area contributed by atoms with E-state index in [1.54, 1.807) is 0 Å². The van der Waals surface area contributed by atoms with Crippen molar-refractivity contribution in [2.45, 2.75) is 6.42 Å². The fourth-order valence-corrected chi connectivity index (χ4v) is 1.07. The highest BCUT2D eigenvalue weighted by molar-refractivity contribution is 6.11. The molecule has 1 N–H and O–H groups in total. The van der Waals surface area contributed by atoms with E-state index in [1.165, 1.54) is 7.11 Å². The maximum Gasteiger partial charge on any atom is 0.183 e. The molecule has 0 atom stereocenters. The standard InChI is InChI=1S/C8H11N3O/c1-12-11-8(5-9)7-3-2-4-10-6-7/h3,10H,2,4,6H2,1H3. The van der Waals surface area contributed by atoms with Gasteiger partial charge in [-0.1, -0.05) is 11.2 Å². The summed E-state index contributed by atoms with van der Waals surface area (Å²) in [6.07, 6.45) is 2.96. The van der Waals surface area contributed by atoms with Crippen LogP contribution in [0.3, 0.4) is 0 Å². The lowest BCUT2D eigenvalue weighted by Gasteiger charge is -2.11. The van der Waals surface area contributed by atoms with Gasteiger partial charge in [-0.25, -0.2) is 0 Å². The van der Waals surface area contributed by atoms with Crippen molar-refractivity contribution in [2.24, 2.45) is 5.16 Å². The maximum absolute atomic E-state index is 8.68. The summed E-state index contributed by atoms with van der Waals surface area (Å²) in [7, 11) is 1.44. The monoisotopic (exact) mass is 165 g/mol. The summed E-state index contributed by atoms with van der Waals surface area (Å²) in [5, 5.41) is 15.4. The van der Waals surface area contributed by atoms with Crippen molar-refractivity contribution in [2.75, 3.05) is 20.2 Å². The van der Waals surface area contributed by atoms with Gasteiger partial charge in [-0.05, 0) is 13.0 Å². The Kier molecular flexibility index (Phi) is 3.30. The summed E-state index contributed by atoms with van der Waals surface area (Å²) in [5.74, 6) is 0. The van der Waals surface area contributed by atoms with E-state index in [4.69, 9.17) is 5.26 Å². The summed E-state index contributed by atoms with van der Waals surface area (Å²) in [4.78, 5) is 4.54. The molecule has 0 aromatic heterocycles. The Labute approximate surface area is 71.5 Å². The fraction of sp³-hybridized carbons (Fsp3) is 0.500. The van der Waals surface area contributed by atoms with Gasteiger partial charge in [0.15, 0.2) is 5.71 Å². The van der Waals surface area contributed by atoms with Crippen molar-refractivity contribution < 1.29 is 4.84 Å². The molecule has 0 aromatic rings. The van der Waals surface area contributed by atoms with Crippen LogP contribution in [0.15, 0.2) is 16.8 Å². The first-order valence-corrected chi connectivity index (χ1v) is 3.80. The largest absolute Gasteiger partial charge is 0.398 e. The number of nitrogens with one attached hydrogen (secondary N) is 1. The predicted octanol–water partition coefficient (Wildman–Crippen LogP) is 0.432. The molecule has 0 saturated carbocycles. The molecule has 0 aromatic carbocycles. The van der Waals surface area contributed by atoms with Gasteiger partial charge in [0, 0.05) is 12.1 Å². The van der Waals surface area contributed by atoms with E-state index < -0.39 is 0 Å². The number of nitrogens with zero attached hydrogens (tertiary/aromatic N) is 2. The average Bonchev–Trinajstić information content (AvgIpc) is 2.15. The average molecular weight is 165 g/mol. The SMILES string of the molecule is CON=C(C#N)C1=CCCNC1. The number of hydrogen-bond donors (Lipinski definition) is 1. The molecule has 0 saturated heterocycles. The zero-order valence-electron chi connectivity index (χ0n) is 7.00. The van der Waals surface area contributed by atoms with Gasteiger partial charge in [-0.2, -0.15) is 5.26 Å². The van der Waals surface area contributed by atoms with E-state index in [9.17, 15) is 0 Å². The summed E-state index contributed by atoms with van der Waals surface area (Å²) in [6.45, 7) is 1.67. The van der Waals surface area contributed by atoms with E-state index in [0.717, 1.165) is 18.5 Å². The quantitative estimate of drug-likeness (QED) is 0.477. The molecule has 1 aliphatic rings. The number of nitriles is 1. The van der Waals surface area contributed by atoms with Crippen LogP contribution in [0.25, 0.3) is 0 Å². The smallest absolute Gasteiger partial charge is 0.183 e. The Balaban J connectivity index is 2.72. The number of hydrogen-bond acceptors (Lipinski definition) is 4. The van der Waals surface area contributed by atoms with Crippen LogP contribution in [0.2, 0.25) is 0 Å². The lowest BCUT2D eigenvalue weighted by atomic mass is 10.1. The molecule has 12 heavy (non-hydrogen) atoms. The van der Waals surface area contributed by atoms with Gasteiger partial charge >= 0.3 is 0 Å². The third-order valence-corrected chi connectivity index (χ3v) is 1.62. The van der Waals surface area contributed by atoms with Crippen LogP contribution < -0.4 is 5.32 Å². The van der Waals surface area contributed by atoms with Crippen LogP contribution in [0, 0.1) is 11.3 Å². The molecule has 0 aliphatic carbocycles. The predicted molar refractivity (Wildman–Crippen MR) is 45.6 cm³/mol. The molecular formula is C8H11N3O. The van der Waals surface area contributed by atoms with Gasteiger partial charge in [0.1, 0.15) is 13.2 Å². The second kappa shape index (κ2) is 4.52. The van der Waals surface area contributed by atoms with Crippen LogP contribution in [0.1, 0.15) is 6.42 Å². The Morgan fingerprint density at radius 2 is 2.67 bits per heavy atom. The Hall–Kier alpha value is -1.34. The van der Waals surface area contributed by atoms with Crippen molar-refractivity contribution in [1.29, 1.82) is 5.26 Å². The lowest BCUT2D eigenvalue weighted by molar-refractivity contribution is 0.214. The molecule has 4 heteroatoms. The minimum atomic E-state index is 0.365. The van der Waals surface area contributed by atoms with Gasteiger partial charge in [0.25, 0.3) is 0 Å². The van der Waals surface area contributed by atoms with Crippen molar-refractivity contribution >= 4 is 5.71 Å². The Morgan fingerprint density at radius 1 is 1.83 bits per heavy atom. The third kappa shape index (κ3) is 2.07. The summed E-state index contributed by atoms with van der Waals surface area (Å²) < 4.78 is 0. The molecule has 1 aliphatic heterocycles. The minimum Gasteiger partial charge on any atom is -0.398 e. The second-order valence-corrected chi connectivity index (χ2v) is 2.43. The van der Waals surface area contributed by atoms with Crippen LogP contribution in [-0.4, -0.2) is 25.9 Å². The Morgan fingerprint density at radius 3 is 3.17 bits per heavy atom. The van der Waals surface area contributed by atoms with Crippen LogP contribution >= 0.6 is 0 Å². The molecule has 4 nitrogen and oxygen atoms in total. The van der Waals surface area contributed by atoms with E-state index in [2.05, 4.69) is 15.3 Å². The summed E-state index contributed by atoms with van der Waals surface area (Å²) in [6, 6.07) is 1.99. The molecule has 0 bridgehead atoms. The molecular weight excluding hydrogens is 154 g/mol. The normalized spacial score (nSPS) is 18.0. The zero-order valence-corrected chi connectivity index (χ0v) is 7.00. The van der Waals surface area contributed by atoms with Crippen LogP contribution in [-0.2, 0) is 4.84 Å². The van der Waals surface area contributed by atoms with E-state index in [-0.39, 0.29) is 0 Å². The highest BCUT2D eigenvalue weighted by Crippen LogP contribution is 2.03. The van der Waals surface area contributed by atoms with Crippen molar-refractivity contribution in [1.82, 2.24) is 5.32 Å². The third-order valence-electron chi connectivity index (χ3n) is 1.62. The molecule has 64 valence electrons. The van der Waals surface area contributed by atoms with Gasteiger partial charge < -0.3 is 10.2 Å². The van der Waals surface area contributed by atoms with Crippen molar-refractivity contribution in [3.05, 3.63) is 11.6 Å². The molecule has 0 fully saturated rings. The summed E-state index contributed by atoms with van der Waals surface area (Å²) >= 11 is 0. The highest BCUT2D eigenvalue weighted by Gasteiger charge is 2.09. The first-order valence-electron chi connectivity index (χ1n) is 3.80. The summed E-state index contributed by atoms with van der Waals surface area (Å²) in [5.41, 5.74) is 1.29. The molecule has 1 rings (SSSR count). The number of oxime groups is 1. The van der Waals surface area contributed by atoms with E-state index >= 15 is 0 Å². The van der Waals surface area contributed by atoms with E-state index in [1.807, 2.05) is 12.1 Å². The number of rotatable bonds is 2. The van der Waals surface area contributed by atoms with Gasteiger partial charge in [-0.3, -0.25) is 0 Å². The molecule has 0 unspecified atom stereocenters. The van der Waals surface area contributed by atoms with Crippen molar-refractivity contribution in [3.8, 4) is 6.07 Å². The van der Waals surface area contributed by atoms with Crippen molar-refractivity contribution in [3.63, 3.8) is 0 Å².